The van der Waals surface area contributed by atoms with E-state index in [1.807, 2.05) is 24.3 Å². The summed E-state index contributed by atoms with van der Waals surface area (Å²) in [5.41, 5.74) is 2.93. The van der Waals surface area contributed by atoms with Crippen LogP contribution >= 0.6 is 0 Å². The highest BCUT2D eigenvalue weighted by molar-refractivity contribution is 5.56. The molecule has 0 radical (unpaired) electrons. The van der Waals surface area contributed by atoms with E-state index in [2.05, 4.69) is 19.6 Å². The maximum absolute atomic E-state index is 12.8. The van der Waals surface area contributed by atoms with Crippen molar-refractivity contribution in [2.45, 2.75) is 26.4 Å². The van der Waals surface area contributed by atoms with Gasteiger partial charge in [-0.25, -0.2) is 4.39 Å². The molecule has 1 unspecified atom stereocenters. The lowest BCUT2D eigenvalue weighted by atomic mass is 10.0. The van der Waals surface area contributed by atoms with Crippen molar-refractivity contribution in [2.24, 2.45) is 0 Å². The monoisotopic (exact) mass is 204 g/mol. The van der Waals surface area contributed by atoms with E-state index in [0.29, 0.717) is 5.57 Å². The van der Waals surface area contributed by atoms with Crippen LogP contribution in [0.1, 0.15) is 25.0 Å². The highest BCUT2D eigenvalue weighted by atomic mass is 19.1. The third-order valence-corrected chi connectivity index (χ3v) is 2.42. The van der Waals surface area contributed by atoms with Gasteiger partial charge in [0.15, 0.2) is 0 Å². The first kappa shape index (κ1) is 11.7. The minimum Gasteiger partial charge on any atom is -0.243 e. The van der Waals surface area contributed by atoms with Crippen molar-refractivity contribution in [3.8, 4) is 0 Å². The summed E-state index contributed by atoms with van der Waals surface area (Å²) in [4.78, 5) is 0. The molecule has 1 rings (SSSR count). The lowest BCUT2D eigenvalue weighted by molar-refractivity contribution is 0.418. The van der Waals surface area contributed by atoms with Crippen molar-refractivity contribution in [2.75, 3.05) is 0 Å². The first-order valence-electron chi connectivity index (χ1n) is 5.24. The number of halogens is 1. The molecule has 0 fully saturated rings. The van der Waals surface area contributed by atoms with E-state index in [1.54, 1.807) is 6.08 Å². The fraction of sp³-hybridized carbons (Fsp3) is 0.286. The first-order valence-corrected chi connectivity index (χ1v) is 5.24. The van der Waals surface area contributed by atoms with E-state index in [4.69, 9.17) is 0 Å². The molecule has 0 saturated carbocycles. The summed E-state index contributed by atoms with van der Waals surface area (Å²) in [5.74, 6) is 0. The molecule has 0 aromatic heterocycles. The van der Waals surface area contributed by atoms with Gasteiger partial charge in [0.25, 0.3) is 0 Å². The molecule has 0 heterocycles. The fourth-order valence-corrected chi connectivity index (χ4v) is 1.35. The van der Waals surface area contributed by atoms with E-state index in [-0.39, 0.29) is 0 Å². The molecule has 15 heavy (non-hydrogen) atoms. The molecule has 0 amide bonds. The molecular formula is C14H17F. The number of rotatable bonds is 4. The molecular weight excluding hydrogens is 187 g/mol. The van der Waals surface area contributed by atoms with Crippen molar-refractivity contribution >= 4 is 6.08 Å². The molecule has 0 bridgehead atoms. The van der Waals surface area contributed by atoms with Gasteiger partial charge < -0.3 is 0 Å². The average Bonchev–Trinajstić information content (AvgIpc) is 2.26. The maximum Gasteiger partial charge on any atom is 0.122 e. The molecule has 0 nitrogen and oxygen atoms in total. The van der Waals surface area contributed by atoms with Crippen molar-refractivity contribution in [1.29, 1.82) is 0 Å². The van der Waals surface area contributed by atoms with Gasteiger partial charge in [-0.2, -0.15) is 0 Å². The first-order chi connectivity index (χ1) is 7.15. The average molecular weight is 204 g/mol. The van der Waals surface area contributed by atoms with Crippen LogP contribution in [-0.4, -0.2) is 6.17 Å². The Bertz CT molecular complexity index is 361. The Hall–Kier alpha value is -1.37. The zero-order valence-corrected chi connectivity index (χ0v) is 9.33. The molecule has 0 aliphatic carbocycles. The van der Waals surface area contributed by atoms with Crippen LogP contribution in [0.4, 0.5) is 4.39 Å². The molecule has 80 valence electrons. The largest absolute Gasteiger partial charge is 0.243 e. The van der Waals surface area contributed by atoms with E-state index in [0.717, 1.165) is 12.0 Å². The minimum absolute atomic E-state index is 0.515. The molecule has 1 heteroatoms. The summed E-state index contributed by atoms with van der Waals surface area (Å²) in [6.07, 6.45) is 3.68. The molecule has 0 N–H and O–H groups in total. The smallest absolute Gasteiger partial charge is 0.122 e. The van der Waals surface area contributed by atoms with Crippen LogP contribution < -0.4 is 0 Å². The highest BCUT2D eigenvalue weighted by Crippen LogP contribution is 2.13. The molecule has 0 aliphatic heterocycles. The van der Waals surface area contributed by atoms with E-state index in [9.17, 15) is 4.39 Å². The van der Waals surface area contributed by atoms with Gasteiger partial charge >= 0.3 is 0 Å². The number of alkyl halides is 1. The zero-order chi connectivity index (χ0) is 11.3. The number of benzene rings is 1. The van der Waals surface area contributed by atoms with Gasteiger partial charge in [-0.1, -0.05) is 49.9 Å². The summed E-state index contributed by atoms with van der Waals surface area (Å²) < 4.78 is 12.8. The van der Waals surface area contributed by atoms with Crippen molar-refractivity contribution < 1.29 is 4.39 Å². The molecule has 0 aliphatic rings. The number of hydrogen-bond donors (Lipinski definition) is 0. The molecule has 0 saturated heterocycles. The number of allylic oxidation sites excluding steroid dienone is 2. The summed E-state index contributed by atoms with van der Waals surface area (Å²) in [6, 6.07) is 8.12. The van der Waals surface area contributed by atoms with Gasteiger partial charge in [0.2, 0.25) is 0 Å². The van der Waals surface area contributed by atoms with Crippen LogP contribution in [0.2, 0.25) is 0 Å². The Kier molecular flexibility index (Phi) is 4.29. The van der Waals surface area contributed by atoms with Crippen molar-refractivity contribution in [1.82, 2.24) is 0 Å². The Morgan fingerprint density at radius 1 is 1.47 bits per heavy atom. The molecule has 0 spiro atoms. The second kappa shape index (κ2) is 5.50. The standard InChI is InChI=1S/C14H17F/c1-4-13-7-5-6-8-14(13)10-9-11(2)12(3)15/h5-10,12H,2,4H2,1,3H3/b10-9-. The van der Waals surface area contributed by atoms with Crippen LogP contribution in [0.15, 0.2) is 42.5 Å². The van der Waals surface area contributed by atoms with Crippen LogP contribution in [0.5, 0.6) is 0 Å². The molecule has 1 aromatic rings. The van der Waals surface area contributed by atoms with Crippen LogP contribution in [0, 0.1) is 0 Å². The van der Waals surface area contributed by atoms with Gasteiger partial charge in [0, 0.05) is 0 Å². The quantitative estimate of drug-likeness (QED) is 0.645. The van der Waals surface area contributed by atoms with Gasteiger partial charge in [0.1, 0.15) is 6.17 Å². The van der Waals surface area contributed by atoms with E-state index < -0.39 is 6.17 Å². The Morgan fingerprint density at radius 2 is 2.13 bits per heavy atom. The normalized spacial score (nSPS) is 13.0. The SMILES string of the molecule is C=C(/C=C\c1ccccc1CC)C(C)F. The van der Waals surface area contributed by atoms with Gasteiger partial charge in [0.05, 0.1) is 0 Å². The topological polar surface area (TPSA) is 0 Å². The second-order valence-electron chi connectivity index (χ2n) is 3.58. The van der Waals surface area contributed by atoms with Crippen LogP contribution in [0.25, 0.3) is 6.08 Å². The summed E-state index contributed by atoms with van der Waals surface area (Å²) in [7, 11) is 0. The van der Waals surface area contributed by atoms with Crippen LogP contribution in [0.3, 0.4) is 0 Å². The summed E-state index contributed by atoms with van der Waals surface area (Å²) >= 11 is 0. The number of aryl methyl sites for hydroxylation is 1. The van der Waals surface area contributed by atoms with E-state index >= 15 is 0 Å². The summed E-state index contributed by atoms with van der Waals surface area (Å²) in [5, 5.41) is 0. The third-order valence-electron chi connectivity index (χ3n) is 2.42. The predicted molar refractivity (Wildman–Crippen MR) is 64.6 cm³/mol. The van der Waals surface area contributed by atoms with E-state index in [1.165, 1.54) is 12.5 Å². The fourth-order valence-electron chi connectivity index (χ4n) is 1.35. The lowest BCUT2D eigenvalue weighted by Gasteiger charge is -2.03. The zero-order valence-electron chi connectivity index (χ0n) is 9.33. The Morgan fingerprint density at radius 3 is 2.73 bits per heavy atom. The van der Waals surface area contributed by atoms with Gasteiger partial charge in [-0.15, -0.1) is 0 Å². The minimum atomic E-state index is -0.977. The molecule has 1 atom stereocenters. The van der Waals surface area contributed by atoms with Gasteiger partial charge in [-0.05, 0) is 30.0 Å². The Balaban J connectivity index is 2.84. The second-order valence-corrected chi connectivity index (χ2v) is 3.58. The predicted octanol–water partition coefficient (Wildman–Crippen LogP) is 4.18. The summed E-state index contributed by atoms with van der Waals surface area (Å²) in [6.45, 7) is 7.27. The van der Waals surface area contributed by atoms with Crippen molar-refractivity contribution in [3.63, 3.8) is 0 Å². The lowest BCUT2D eigenvalue weighted by Crippen LogP contribution is -1.93. The number of hydrogen-bond acceptors (Lipinski definition) is 0. The van der Waals surface area contributed by atoms with Gasteiger partial charge in [-0.3, -0.25) is 0 Å². The molecule has 1 aromatic carbocycles. The third kappa shape index (κ3) is 3.35. The van der Waals surface area contributed by atoms with Crippen LogP contribution in [-0.2, 0) is 6.42 Å². The Labute approximate surface area is 91.1 Å². The maximum atomic E-state index is 12.8. The highest BCUT2D eigenvalue weighted by Gasteiger charge is 2.00. The van der Waals surface area contributed by atoms with Crippen molar-refractivity contribution in [3.05, 3.63) is 53.6 Å².